The third-order valence-corrected chi connectivity index (χ3v) is 6.20. The number of fused-ring (bicyclic) bond motifs is 1. The van der Waals surface area contributed by atoms with Crippen molar-refractivity contribution in [1.29, 1.82) is 0 Å². The first-order valence-corrected chi connectivity index (χ1v) is 11.1. The normalized spacial score (nSPS) is 13.9. The van der Waals surface area contributed by atoms with Gasteiger partial charge in [0, 0.05) is 17.3 Å². The maximum Gasteiger partial charge on any atom is 0.359 e. The Morgan fingerprint density at radius 3 is 2.18 bits per heavy atom. The predicted molar refractivity (Wildman–Crippen MR) is 128 cm³/mol. The van der Waals surface area contributed by atoms with Gasteiger partial charge in [0.15, 0.2) is 12.3 Å². The summed E-state index contributed by atoms with van der Waals surface area (Å²) < 4.78 is 6.47. The number of ether oxygens (including phenoxy) is 1. The van der Waals surface area contributed by atoms with Gasteiger partial charge in [0.05, 0.1) is 11.1 Å². The Morgan fingerprint density at radius 2 is 1.50 bits per heavy atom. The summed E-state index contributed by atoms with van der Waals surface area (Å²) in [6.07, 6.45) is 2.02. The van der Waals surface area contributed by atoms with Crippen LogP contribution in [0.4, 0.5) is 0 Å². The van der Waals surface area contributed by atoms with Crippen molar-refractivity contribution in [3.63, 3.8) is 0 Å². The maximum absolute atomic E-state index is 13.0. The third-order valence-electron chi connectivity index (χ3n) is 6.20. The molecule has 7 heteroatoms. The summed E-state index contributed by atoms with van der Waals surface area (Å²) in [5.41, 5.74) is 1.33. The van der Waals surface area contributed by atoms with E-state index in [2.05, 4.69) is 22.5 Å². The molecule has 4 aromatic rings. The third kappa shape index (κ3) is 4.20. The second-order valence-corrected chi connectivity index (χ2v) is 8.45. The summed E-state index contributed by atoms with van der Waals surface area (Å²) in [5.74, 6) is -1.14. The largest absolute Gasteiger partial charge is 0.451 e. The highest BCUT2D eigenvalue weighted by Crippen LogP contribution is 2.47. The summed E-state index contributed by atoms with van der Waals surface area (Å²) in [7, 11) is 0. The van der Waals surface area contributed by atoms with Crippen molar-refractivity contribution in [1.82, 2.24) is 15.1 Å². The van der Waals surface area contributed by atoms with E-state index in [4.69, 9.17) is 4.74 Å². The molecule has 0 atom stereocenters. The minimum absolute atomic E-state index is 0.0187. The summed E-state index contributed by atoms with van der Waals surface area (Å²) in [6.45, 7) is 0.0671. The van der Waals surface area contributed by atoms with Crippen LogP contribution in [-0.2, 0) is 14.9 Å². The Morgan fingerprint density at radius 1 is 0.882 bits per heavy atom. The second-order valence-electron chi connectivity index (χ2n) is 8.45. The van der Waals surface area contributed by atoms with Crippen molar-refractivity contribution in [2.75, 3.05) is 13.2 Å². The van der Waals surface area contributed by atoms with Crippen LogP contribution in [0.3, 0.4) is 0 Å². The average molecular weight is 453 g/mol. The number of nitrogens with one attached hydrogen (secondary N) is 1. The van der Waals surface area contributed by atoms with Crippen molar-refractivity contribution in [3.05, 3.63) is 107 Å². The van der Waals surface area contributed by atoms with Gasteiger partial charge in [-0.3, -0.25) is 9.59 Å². The van der Waals surface area contributed by atoms with E-state index in [0.29, 0.717) is 23.0 Å². The molecule has 34 heavy (non-hydrogen) atoms. The standard InChI is InChI=1S/C27H23N3O4/c31-23(28-18-27(15-16-27)19-9-3-1-4-10-19)17-34-26(33)24-21-13-7-8-14-22(21)25(32)30(29-24)20-11-5-2-6-12-20/h1-14H,15-18H2,(H,28,31). The topological polar surface area (TPSA) is 90.3 Å². The van der Waals surface area contributed by atoms with Crippen LogP contribution in [0, 0.1) is 0 Å². The van der Waals surface area contributed by atoms with Crippen molar-refractivity contribution in [2.45, 2.75) is 18.3 Å². The van der Waals surface area contributed by atoms with E-state index in [0.717, 1.165) is 12.8 Å². The highest BCUT2D eigenvalue weighted by atomic mass is 16.5. The van der Waals surface area contributed by atoms with Gasteiger partial charge in [-0.2, -0.15) is 9.78 Å². The lowest BCUT2D eigenvalue weighted by Crippen LogP contribution is -2.35. The lowest BCUT2D eigenvalue weighted by molar-refractivity contribution is -0.124. The van der Waals surface area contributed by atoms with Gasteiger partial charge in [0.2, 0.25) is 0 Å². The zero-order valence-electron chi connectivity index (χ0n) is 18.4. The van der Waals surface area contributed by atoms with E-state index in [-0.39, 0.29) is 22.6 Å². The number of rotatable bonds is 7. The fourth-order valence-corrected chi connectivity index (χ4v) is 4.11. The number of amides is 1. The molecule has 1 heterocycles. The molecule has 0 saturated heterocycles. The number of carbonyl (C=O) groups excluding carboxylic acids is 2. The van der Waals surface area contributed by atoms with Crippen LogP contribution in [-0.4, -0.2) is 34.8 Å². The van der Waals surface area contributed by atoms with Crippen LogP contribution in [0.5, 0.6) is 0 Å². The molecule has 0 spiro atoms. The Hall–Kier alpha value is -4.26. The minimum atomic E-state index is -0.764. The fraction of sp³-hybridized carbons (Fsp3) is 0.185. The molecule has 170 valence electrons. The number of nitrogens with zero attached hydrogens (tertiary/aromatic N) is 2. The summed E-state index contributed by atoms with van der Waals surface area (Å²) in [4.78, 5) is 38.3. The second kappa shape index (κ2) is 8.94. The number of aromatic nitrogens is 2. The molecule has 7 nitrogen and oxygen atoms in total. The van der Waals surface area contributed by atoms with Crippen molar-refractivity contribution < 1.29 is 14.3 Å². The molecule has 1 N–H and O–H groups in total. The number of hydrogen-bond acceptors (Lipinski definition) is 5. The number of esters is 1. The van der Waals surface area contributed by atoms with E-state index < -0.39 is 12.6 Å². The highest BCUT2D eigenvalue weighted by Gasteiger charge is 2.44. The summed E-state index contributed by atoms with van der Waals surface area (Å²) >= 11 is 0. The molecule has 1 amide bonds. The summed E-state index contributed by atoms with van der Waals surface area (Å²) in [5, 5.41) is 7.89. The first-order valence-electron chi connectivity index (χ1n) is 11.1. The zero-order valence-corrected chi connectivity index (χ0v) is 18.4. The molecule has 0 aliphatic heterocycles. The van der Waals surface area contributed by atoms with Crippen molar-refractivity contribution in [3.8, 4) is 5.69 Å². The number of para-hydroxylation sites is 1. The first kappa shape index (κ1) is 21.6. The quantitative estimate of drug-likeness (QED) is 0.433. The Kier molecular flexibility index (Phi) is 5.67. The molecule has 1 saturated carbocycles. The van der Waals surface area contributed by atoms with Gasteiger partial charge in [-0.25, -0.2) is 4.79 Å². The van der Waals surface area contributed by atoms with Gasteiger partial charge in [0.25, 0.3) is 11.5 Å². The van der Waals surface area contributed by atoms with Gasteiger partial charge < -0.3 is 10.1 Å². The van der Waals surface area contributed by atoms with Gasteiger partial charge in [-0.15, -0.1) is 0 Å². The molecule has 1 aromatic heterocycles. The molecular formula is C27H23N3O4. The number of benzene rings is 3. The van der Waals surface area contributed by atoms with Crippen LogP contribution in [0.15, 0.2) is 89.7 Å². The van der Waals surface area contributed by atoms with E-state index in [9.17, 15) is 14.4 Å². The molecule has 5 rings (SSSR count). The molecule has 3 aromatic carbocycles. The molecule has 1 fully saturated rings. The van der Waals surface area contributed by atoms with E-state index in [1.807, 2.05) is 24.3 Å². The predicted octanol–water partition coefficient (Wildman–Crippen LogP) is 3.39. The Labute approximate surface area is 196 Å². The van der Waals surface area contributed by atoms with Crippen LogP contribution < -0.4 is 10.9 Å². The van der Waals surface area contributed by atoms with E-state index >= 15 is 0 Å². The average Bonchev–Trinajstić information content (AvgIpc) is 3.69. The lowest BCUT2D eigenvalue weighted by atomic mass is 9.96. The molecular weight excluding hydrogens is 430 g/mol. The molecule has 0 unspecified atom stereocenters. The SMILES string of the molecule is O=C(COC(=O)c1nn(-c2ccccc2)c(=O)c2ccccc12)NCC1(c2ccccc2)CC1. The van der Waals surface area contributed by atoms with Crippen molar-refractivity contribution >= 4 is 22.6 Å². The zero-order chi connectivity index (χ0) is 23.5. The van der Waals surface area contributed by atoms with Crippen LogP contribution >= 0.6 is 0 Å². The smallest absolute Gasteiger partial charge is 0.359 e. The number of hydrogen-bond donors (Lipinski definition) is 1. The Balaban J connectivity index is 1.31. The van der Waals surface area contributed by atoms with Gasteiger partial charge in [-0.05, 0) is 36.6 Å². The van der Waals surface area contributed by atoms with Crippen LogP contribution in [0.1, 0.15) is 28.9 Å². The molecule has 0 radical (unpaired) electrons. The Bertz CT molecular complexity index is 1410. The first-order chi connectivity index (χ1) is 16.6. The van der Waals surface area contributed by atoms with Crippen molar-refractivity contribution in [2.24, 2.45) is 0 Å². The van der Waals surface area contributed by atoms with Gasteiger partial charge in [-0.1, -0.05) is 66.7 Å². The lowest BCUT2D eigenvalue weighted by Gasteiger charge is -2.16. The van der Waals surface area contributed by atoms with E-state index in [1.54, 1.807) is 48.5 Å². The maximum atomic E-state index is 13.0. The highest BCUT2D eigenvalue weighted by molar-refractivity contribution is 6.02. The van der Waals surface area contributed by atoms with Gasteiger partial charge in [0.1, 0.15) is 0 Å². The molecule has 0 bridgehead atoms. The van der Waals surface area contributed by atoms with E-state index in [1.165, 1.54) is 10.2 Å². The fourth-order valence-electron chi connectivity index (χ4n) is 4.11. The number of carbonyl (C=O) groups is 2. The summed E-state index contributed by atoms with van der Waals surface area (Å²) in [6, 6.07) is 25.7. The minimum Gasteiger partial charge on any atom is -0.451 e. The molecule has 1 aliphatic rings. The van der Waals surface area contributed by atoms with Crippen LogP contribution in [0.2, 0.25) is 0 Å². The monoisotopic (exact) mass is 453 g/mol. The van der Waals surface area contributed by atoms with Crippen LogP contribution in [0.25, 0.3) is 16.5 Å². The van der Waals surface area contributed by atoms with Gasteiger partial charge >= 0.3 is 5.97 Å². The molecule has 1 aliphatic carbocycles.